The summed E-state index contributed by atoms with van der Waals surface area (Å²) in [5, 5.41) is 2.79. The Bertz CT molecular complexity index is 1180. The maximum Gasteiger partial charge on any atom is 0.255 e. The van der Waals surface area contributed by atoms with Crippen LogP contribution in [-0.2, 0) is 16.6 Å². The summed E-state index contributed by atoms with van der Waals surface area (Å²) < 4.78 is 45.3. The van der Waals surface area contributed by atoms with Gasteiger partial charge in [0.25, 0.3) is 5.91 Å². The van der Waals surface area contributed by atoms with Gasteiger partial charge in [-0.25, -0.2) is 12.8 Å². The van der Waals surface area contributed by atoms with Gasteiger partial charge >= 0.3 is 0 Å². The topological polar surface area (TPSA) is 75.7 Å². The van der Waals surface area contributed by atoms with Crippen molar-refractivity contribution < 1.29 is 22.3 Å². The number of carbonyl (C=O) groups excluding carboxylic acids is 1. The van der Waals surface area contributed by atoms with Crippen LogP contribution in [0.2, 0.25) is 0 Å². The Balaban J connectivity index is 1.74. The zero-order valence-electron chi connectivity index (χ0n) is 18.1. The molecule has 3 aromatic rings. The fraction of sp³-hybridized carbons (Fsp3) is 0.208. The van der Waals surface area contributed by atoms with Crippen LogP contribution in [-0.4, -0.2) is 26.7 Å². The highest BCUT2D eigenvalue weighted by atomic mass is 32.2. The Morgan fingerprint density at radius 2 is 1.62 bits per heavy atom. The molecule has 0 atom stereocenters. The molecule has 0 unspecified atom stereocenters. The Labute approximate surface area is 187 Å². The van der Waals surface area contributed by atoms with Gasteiger partial charge in [0.2, 0.25) is 10.0 Å². The molecular formula is C24H25FN2O4S. The summed E-state index contributed by atoms with van der Waals surface area (Å²) in [6.45, 7) is 3.71. The molecule has 6 nitrogen and oxygen atoms in total. The molecule has 3 aromatic carbocycles. The lowest BCUT2D eigenvalue weighted by Gasteiger charge is -2.23. The van der Waals surface area contributed by atoms with Crippen LogP contribution in [0.4, 0.5) is 15.8 Å². The first-order valence-corrected chi connectivity index (χ1v) is 11.9. The van der Waals surface area contributed by atoms with E-state index < -0.39 is 15.8 Å². The van der Waals surface area contributed by atoms with E-state index in [0.29, 0.717) is 22.7 Å². The van der Waals surface area contributed by atoms with Crippen molar-refractivity contribution in [2.24, 2.45) is 0 Å². The molecule has 1 N–H and O–H groups in total. The Morgan fingerprint density at radius 3 is 2.19 bits per heavy atom. The lowest BCUT2D eigenvalue weighted by Crippen LogP contribution is -2.29. The van der Waals surface area contributed by atoms with Crippen molar-refractivity contribution in [1.82, 2.24) is 0 Å². The number of rotatable bonds is 8. The third-order valence-corrected chi connectivity index (χ3v) is 5.71. The molecule has 0 heterocycles. The predicted molar refractivity (Wildman–Crippen MR) is 124 cm³/mol. The second kappa shape index (κ2) is 9.82. The third kappa shape index (κ3) is 6.07. The summed E-state index contributed by atoms with van der Waals surface area (Å²) in [7, 11) is -3.67. The van der Waals surface area contributed by atoms with Gasteiger partial charge in [0.05, 0.1) is 24.6 Å². The molecule has 0 aromatic heterocycles. The van der Waals surface area contributed by atoms with Gasteiger partial charge in [-0.2, -0.15) is 0 Å². The maximum atomic E-state index is 14.0. The fourth-order valence-corrected chi connectivity index (χ4v) is 3.93. The number of hydrogen-bond acceptors (Lipinski definition) is 4. The number of sulfonamides is 1. The normalized spacial score (nSPS) is 11.3. The van der Waals surface area contributed by atoms with Crippen molar-refractivity contribution in [3.05, 3.63) is 89.7 Å². The van der Waals surface area contributed by atoms with E-state index in [9.17, 15) is 17.6 Å². The molecule has 0 aliphatic heterocycles. The van der Waals surface area contributed by atoms with Gasteiger partial charge in [-0.1, -0.05) is 18.2 Å². The summed E-state index contributed by atoms with van der Waals surface area (Å²) in [4.78, 5) is 12.6. The molecule has 0 radical (unpaired) electrons. The minimum atomic E-state index is -3.67. The molecule has 168 valence electrons. The molecule has 0 spiro atoms. The monoisotopic (exact) mass is 456 g/mol. The number of halogens is 1. The highest BCUT2D eigenvalue weighted by molar-refractivity contribution is 7.92. The smallest absolute Gasteiger partial charge is 0.255 e. The van der Waals surface area contributed by atoms with E-state index in [4.69, 9.17) is 4.74 Å². The van der Waals surface area contributed by atoms with Crippen LogP contribution in [0.3, 0.4) is 0 Å². The van der Waals surface area contributed by atoms with Gasteiger partial charge in [0, 0.05) is 16.8 Å². The second-order valence-corrected chi connectivity index (χ2v) is 9.46. The van der Waals surface area contributed by atoms with Crippen LogP contribution in [0.15, 0.2) is 72.8 Å². The van der Waals surface area contributed by atoms with Crippen molar-refractivity contribution in [3.63, 3.8) is 0 Å². The molecule has 0 aliphatic carbocycles. The lowest BCUT2D eigenvalue weighted by atomic mass is 10.1. The molecule has 0 aliphatic rings. The SMILES string of the molecule is CC(C)Oc1ccc(NC(=O)c2ccc(N(Cc3ccccc3F)S(C)(=O)=O)cc2)cc1. The summed E-state index contributed by atoms with van der Waals surface area (Å²) in [5.74, 6) is -0.117. The standard InChI is InChI=1S/C24H25FN2O4S/c1-17(2)31-22-14-10-20(11-15-22)26-24(28)18-8-12-21(13-9-18)27(32(3,29)30)16-19-6-4-5-7-23(19)25/h4-15,17H,16H2,1-3H3,(H,26,28). The van der Waals surface area contributed by atoms with Crippen molar-refractivity contribution in [2.75, 3.05) is 15.9 Å². The van der Waals surface area contributed by atoms with Gasteiger partial charge < -0.3 is 10.1 Å². The van der Waals surface area contributed by atoms with E-state index in [-0.39, 0.29) is 24.1 Å². The van der Waals surface area contributed by atoms with Crippen molar-refractivity contribution in [3.8, 4) is 5.75 Å². The average molecular weight is 457 g/mol. The molecule has 0 fully saturated rings. The molecule has 32 heavy (non-hydrogen) atoms. The first-order valence-electron chi connectivity index (χ1n) is 10.0. The van der Waals surface area contributed by atoms with E-state index in [2.05, 4.69) is 5.32 Å². The molecule has 0 saturated heterocycles. The second-order valence-electron chi connectivity index (χ2n) is 7.55. The van der Waals surface area contributed by atoms with Gasteiger partial charge in [-0.15, -0.1) is 0 Å². The zero-order valence-corrected chi connectivity index (χ0v) is 18.9. The quantitative estimate of drug-likeness (QED) is 0.527. The third-order valence-electron chi connectivity index (χ3n) is 4.57. The highest BCUT2D eigenvalue weighted by Crippen LogP contribution is 2.23. The van der Waals surface area contributed by atoms with E-state index in [1.54, 1.807) is 36.4 Å². The number of benzene rings is 3. The zero-order chi connectivity index (χ0) is 23.3. The largest absolute Gasteiger partial charge is 0.491 e. The van der Waals surface area contributed by atoms with Crippen LogP contribution < -0.4 is 14.4 Å². The van der Waals surface area contributed by atoms with Gasteiger partial charge in [0.1, 0.15) is 11.6 Å². The number of nitrogens with one attached hydrogen (secondary N) is 1. The average Bonchev–Trinajstić information content (AvgIpc) is 2.73. The molecule has 0 saturated carbocycles. The predicted octanol–water partition coefficient (Wildman–Crippen LogP) is 4.83. The van der Waals surface area contributed by atoms with E-state index in [1.165, 1.54) is 36.4 Å². The number of nitrogens with zero attached hydrogens (tertiary/aromatic N) is 1. The van der Waals surface area contributed by atoms with E-state index >= 15 is 0 Å². The Morgan fingerprint density at radius 1 is 1.00 bits per heavy atom. The number of anilines is 2. The molecular weight excluding hydrogens is 431 g/mol. The van der Waals surface area contributed by atoms with Gasteiger partial charge in [-0.05, 0) is 68.4 Å². The maximum absolute atomic E-state index is 14.0. The minimum absolute atomic E-state index is 0.0545. The van der Waals surface area contributed by atoms with Crippen molar-refractivity contribution in [2.45, 2.75) is 26.5 Å². The molecule has 1 amide bonds. The van der Waals surface area contributed by atoms with Crippen LogP contribution in [0.1, 0.15) is 29.8 Å². The summed E-state index contributed by atoms with van der Waals surface area (Å²) in [6.07, 6.45) is 1.11. The fourth-order valence-electron chi connectivity index (χ4n) is 3.05. The Kier molecular flexibility index (Phi) is 7.15. The minimum Gasteiger partial charge on any atom is -0.491 e. The number of ether oxygens (including phenoxy) is 1. The molecule has 8 heteroatoms. The highest BCUT2D eigenvalue weighted by Gasteiger charge is 2.20. The summed E-state index contributed by atoms with van der Waals surface area (Å²) >= 11 is 0. The van der Waals surface area contributed by atoms with Crippen LogP contribution >= 0.6 is 0 Å². The number of hydrogen-bond donors (Lipinski definition) is 1. The summed E-state index contributed by atoms with van der Waals surface area (Å²) in [5.41, 5.74) is 1.55. The number of carbonyl (C=O) groups is 1. The first kappa shape index (κ1) is 23.3. The molecule has 3 rings (SSSR count). The lowest BCUT2D eigenvalue weighted by molar-refractivity contribution is 0.102. The van der Waals surface area contributed by atoms with Gasteiger partial charge in [-0.3, -0.25) is 9.10 Å². The van der Waals surface area contributed by atoms with Gasteiger partial charge in [0.15, 0.2) is 0 Å². The van der Waals surface area contributed by atoms with Crippen molar-refractivity contribution >= 4 is 27.3 Å². The van der Waals surface area contributed by atoms with E-state index in [0.717, 1.165) is 10.6 Å². The summed E-state index contributed by atoms with van der Waals surface area (Å²) in [6, 6.07) is 19.1. The number of amides is 1. The van der Waals surface area contributed by atoms with Crippen LogP contribution in [0, 0.1) is 5.82 Å². The van der Waals surface area contributed by atoms with Crippen LogP contribution in [0.5, 0.6) is 5.75 Å². The first-order chi connectivity index (χ1) is 15.1. The molecule has 0 bridgehead atoms. The van der Waals surface area contributed by atoms with Crippen molar-refractivity contribution in [1.29, 1.82) is 0 Å². The van der Waals surface area contributed by atoms with E-state index in [1.807, 2.05) is 13.8 Å². The Hall–Kier alpha value is -3.39. The van der Waals surface area contributed by atoms with Crippen LogP contribution in [0.25, 0.3) is 0 Å².